The zero-order valence-electron chi connectivity index (χ0n) is 36.2. The third-order valence-corrected chi connectivity index (χ3v) is 11.2. The van der Waals surface area contributed by atoms with Crippen LogP contribution in [0.5, 0.6) is 0 Å². The number of aromatic nitrogens is 3. The van der Waals surface area contributed by atoms with Crippen LogP contribution in [0.15, 0.2) is 96.4 Å². The molecule has 19 nitrogen and oxygen atoms in total. The molecule has 6 aromatic rings. The van der Waals surface area contributed by atoms with Crippen molar-refractivity contribution in [2.75, 3.05) is 13.1 Å². The molecule has 3 aromatic heterocycles. The molecule has 0 saturated carbocycles. The average molecular weight is 889 g/mol. The number of guanidine groups is 1. The highest BCUT2D eigenvalue weighted by Gasteiger charge is 2.34. The van der Waals surface area contributed by atoms with Crippen LogP contribution in [0.1, 0.15) is 43.4 Å². The maximum Gasteiger partial charge on any atom is 0.326 e. The fourth-order valence-corrected chi connectivity index (χ4v) is 7.70. The van der Waals surface area contributed by atoms with E-state index < -0.39 is 78.2 Å². The molecule has 0 saturated heterocycles. The number of nitrogens with two attached hydrogens (primary N) is 3. The number of carbonyl (C=O) groups excluding carboxylic acids is 5. The Morgan fingerprint density at radius 2 is 1.03 bits per heavy atom. The molecule has 0 unspecified atom stereocenters. The van der Waals surface area contributed by atoms with Crippen LogP contribution in [0.4, 0.5) is 0 Å². The summed E-state index contributed by atoms with van der Waals surface area (Å²) in [5.74, 6) is -5.28. The number of rotatable bonds is 22. The fraction of sp³-hybridized carbons (Fsp3) is 0.326. The first-order valence-electron chi connectivity index (χ1n) is 21.3. The van der Waals surface area contributed by atoms with Gasteiger partial charge in [-0.15, -0.1) is 0 Å². The molecule has 0 bridgehead atoms. The van der Waals surface area contributed by atoms with Crippen molar-refractivity contribution in [3.05, 3.63) is 108 Å². The maximum absolute atomic E-state index is 14.7. The topological polar surface area (TPSA) is 321 Å². The molecule has 0 fully saturated rings. The molecule has 15 N–H and O–H groups in total. The lowest BCUT2D eigenvalue weighted by Gasteiger charge is -2.27. The summed E-state index contributed by atoms with van der Waals surface area (Å²) in [4.78, 5) is 95.3. The van der Waals surface area contributed by atoms with E-state index in [2.05, 4.69) is 46.5 Å². The Kier molecular flexibility index (Phi) is 15.6. The number of aliphatic carboxylic acids is 1. The highest BCUT2D eigenvalue weighted by Crippen LogP contribution is 2.23. The van der Waals surface area contributed by atoms with Crippen LogP contribution in [0, 0.1) is 5.92 Å². The minimum absolute atomic E-state index is 0.0152. The number of nitrogens with zero attached hydrogens (tertiary/aromatic N) is 1. The molecule has 0 aliphatic carbocycles. The van der Waals surface area contributed by atoms with Gasteiger partial charge in [-0.25, -0.2) is 4.79 Å². The van der Waals surface area contributed by atoms with Crippen LogP contribution in [-0.4, -0.2) is 105 Å². The van der Waals surface area contributed by atoms with E-state index in [1.54, 1.807) is 32.4 Å². The van der Waals surface area contributed by atoms with E-state index in [0.29, 0.717) is 23.1 Å². The Balaban J connectivity index is 1.28. The average Bonchev–Trinajstić information content (AvgIpc) is 4.02. The highest BCUT2D eigenvalue weighted by molar-refractivity contribution is 5.97. The lowest BCUT2D eigenvalue weighted by atomic mass is 9.99. The van der Waals surface area contributed by atoms with E-state index in [-0.39, 0.29) is 38.2 Å². The fourth-order valence-electron chi connectivity index (χ4n) is 7.70. The minimum atomic E-state index is -1.32. The first-order chi connectivity index (χ1) is 31.2. The number of carboxylic acid groups (broad SMARTS) is 1. The summed E-state index contributed by atoms with van der Waals surface area (Å²) < 4.78 is 0. The molecule has 0 radical (unpaired) electrons. The Morgan fingerprint density at radius 3 is 1.45 bits per heavy atom. The number of benzene rings is 3. The van der Waals surface area contributed by atoms with Crippen LogP contribution in [0.2, 0.25) is 0 Å². The SMILES string of the molecule is CC(C)[C@H](NC(=O)[C@H](Cc1c[nH]c2ccccc12)NC(=O)[C@H](Cc1c[nH]c2ccccc12)NC(=O)[C@H](Cc1c[nH]c2ccccc12)NC(=O)CNC(=O)[C@@H](N)CCCN=C(N)N)C(=O)O. The van der Waals surface area contributed by atoms with Crippen molar-refractivity contribution in [3.8, 4) is 0 Å². The van der Waals surface area contributed by atoms with Crippen molar-refractivity contribution in [1.82, 2.24) is 41.5 Å². The van der Waals surface area contributed by atoms with Gasteiger partial charge in [-0.3, -0.25) is 29.0 Å². The number of carboxylic acids is 1. The molecule has 0 aliphatic rings. The van der Waals surface area contributed by atoms with Gasteiger partial charge in [0.25, 0.3) is 0 Å². The van der Waals surface area contributed by atoms with E-state index in [4.69, 9.17) is 17.2 Å². The third-order valence-electron chi connectivity index (χ3n) is 11.2. The zero-order chi connectivity index (χ0) is 46.6. The number of hydrogen-bond acceptors (Lipinski definition) is 8. The second-order valence-electron chi connectivity index (χ2n) is 16.3. The lowest BCUT2D eigenvalue weighted by Crippen LogP contribution is -2.59. The van der Waals surface area contributed by atoms with Gasteiger partial charge in [0.05, 0.1) is 12.6 Å². The standard InChI is InChI=1S/C46H56N12O7/c1-25(2)40(45(64)65)58-44(63)38(20-28-23-53-35-16-8-5-12-31(28)35)57-43(62)37(19-27-22-52-34-15-7-4-11-30(27)34)56-42(61)36(18-26-21-51-33-14-6-3-10-29(26)33)55-39(59)24-54-41(60)32(47)13-9-17-50-46(48)49/h3-8,10-12,14-16,21-23,25,32,36-38,40,51-53H,9,13,17-20,24,47H2,1-2H3,(H,54,60)(H,55,59)(H,56,61)(H,57,62)(H,58,63)(H,64,65)(H4,48,49,50)/t32-,36-,37-,38-,40-/m0/s1. The number of carbonyl (C=O) groups is 6. The number of nitrogens with one attached hydrogen (secondary N) is 8. The Morgan fingerprint density at radius 1 is 0.615 bits per heavy atom. The van der Waals surface area contributed by atoms with Gasteiger partial charge in [0.15, 0.2) is 5.96 Å². The highest BCUT2D eigenvalue weighted by atomic mass is 16.4. The van der Waals surface area contributed by atoms with Crippen molar-refractivity contribution >= 4 is 74.2 Å². The van der Waals surface area contributed by atoms with Crippen molar-refractivity contribution in [1.29, 1.82) is 0 Å². The molecule has 5 atom stereocenters. The van der Waals surface area contributed by atoms with Gasteiger partial charge < -0.3 is 63.8 Å². The van der Waals surface area contributed by atoms with E-state index in [1.807, 2.05) is 72.8 Å². The number of para-hydroxylation sites is 3. The monoisotopic (exact) mass is 888 g/mol. The van der Waals surface area contributed by atoms with E-state index >= 15 is 0 Å². The Labute approximate surface area is 374 Å². The van der Waals surface area contributed by atoms with Crippen molar-refractivity contribution in [3.63, 3.8) is 0 Å². The molecule has 6 rings (SSSR count). The first kappa shape index (κ1) is 46.8. The second-order valence-corrected chi connectivity index (χ2v) is 16.3. The molecule has 19 heteroatoms. The van der Waals surface area contributed by atoms with Gasteiger partial charge in [-0.1, -0.05) is 68.4 Å². The predicted octanol–water partition coefficient (Wildman–Crippen LogP) is 1.34. The number of aromatic amines is 3. The summed E-state index contributed by atoms with van der Waals surface area (Å²) in [7, 11) is 0. The summed E-state index contributed by atoms with van der Waals surface area (Å²) in [6.07, 6.45) is 5.77. The van der Waals surface area contributed by atoms with Crippen LogP contribution < -0.4 is 43.8 Å². The third kappa shape index (κ3) is 12.3. The number of fused-ring (bicyclic) bond motifs is 3. The Hall–Kier alpha value is -7.67. The predicted molar refractivity (Wildman–Crippen MR) is 247 cm³/mol. The van der Waals surface area contributed by atoms with Gasteiger partial charge in [0.2, 0.25) is 29.5 Å². The van der Waals surface area contributed by atoms with Crippen molar-refractivity contribution in [2.45, 2.75) is 76.2 Å². The molecular formula is C46H56N12O7. The maximum atomic E-state index is 14.7. The van der Waals surface area contributed by atoms with E-state index in [0.717, 1.165) is 32.7 Å². The van der Waals surface area contributed by atoms with Crippen molar-refractivity contribution in [2.24, 2.45) is 28.1 Å². The van der Waals surface area contributed by atoms with Gasteiger partial charge in [-0.2, -0.15) is 0 Å². The Bertz CT molecular complexity index is 2680. The molecule has 3 heterocycles. The summed E-state index contributed by atoms with van der Waals surface area (Å²) in [5.41, 5.74) is 21.2. The van der Waals surface area contributed by atoms with Gasteiger partial charge >= 0.3 is 5.97 Å². The van der Waals surface area contributed by atoms with Crippen molar-refractivity contribution < 1.29 is 33.9 Å². The van der Waals surface area contributed by atoms with Crippen LogP contribution >= 0.6 is 0 Å². The molecular weight excluding hydrogens is 833 g/mol. The zero-order valence-corrected chi connectivity index (χ0v) is 36.2. The summed E-state index contributed by atoms with van der Waals surface area (Å²) in [6, 6.07) is 16.2. The lowest BCUT2D eigenvalue weighted by molar-refractivity contribution is -0.143. The molecule has 0 spiro atoms. The van der Waals surface area contributed by atoms with Crippen LogP contribution in [-0.2, 0) is 48.0 Å². The minimum Gasteiger partial charge on any atom is -0.480 e. The van der Waals surface area contributed by atoms with E-state index in [9.17, 15) is 33.9 Å². The molecule has 0 aliphatic heterocycles. The summed E-state index contributed by atoms with van der Waals surface area (Å²) in [5, 5.41) is 25.9. The van der Waals surface area contributed by atoms with Gasteiger partial charge in [-0.05, 0) is 53.6 Å². The van der Waals surface area contributed by atoms with E-state index in [1.165, 1.54) is 0 Å². The first-order valence-corrected chi connectivity index (χ1v) is 21.3. The molecule has 3 aromatic carbocycles. The van der Waals surface area contributed by atoms with Crippen LogP contribution in [0.3, 0.4) is 0 Å². The number of aliphatic imine (C=N–C) groups is 1. The number of H-pyrrole nitrogens is 3. The largest absolute Gasteiger partial charge is 0.480 e. The molecule has 342 valence electrons. The van der Waals surface area contributed by atoms with Crippen LogP contribution in [0.25, 0.3) is 32.7 Å². The number of amides is 5. The normalized spacial score (nSPS) is 13.7. The van der Waals surface area contributed by atoms with Gasteiger partial charge in [0.1, 0.15) is 24.2 Å². The molecule has 5 amide bonds. The second kappa shape index (κ2) is 21.6. The summed E-state index contributed by atoms with van der Waals surface area (Å²) in [6.45, 7) is 3.09. The summed E-state index contributed by atoms with van der Waals surface area (Å²) >= 11 is 0. The molecule has 65 heavy (non-hydrogen) atoms. The quantitative estimate of drug-likeness (QED) is 0.0264. The number of hydrogen-bond donors (Lipinski definition) is 12. The van der Waals surface area contributed by atoms with Gasteiger partial charge in [0, 0.05) is 77.1 Å². The smallest absolute Gasteiger partial charge is 0.326 e.